The fourth-order valence-corrected chi connectivity index (χ4v) is 4.95. The number of hydrogen-bond donors (Lipinski definition) is 0. The first-order chi connectivity index (χ1) is 13.1. The first-order valence-corrected chi connectivity index (χ1v) is 9.77. The van der Waals surface area contributed by atoms with Gasteiger partial charge in [-0.25, -0.2) is 12.7 Å². The molecular formula is C20H18N2O4S. The van der Waals surface area contributed by atoms with Gasteiger partial charge in [0.2, 0.25) is 0 Å². The van der Waals surface area contributed by atoms with Crippen molar-refractivity contribution in [1.82, 2.24) is 4.98 Å². The van der Waals surface area contributed by atoms with E-state index in [1.54, 1.807) is 37.6 Å². The van der Waals surface area contributed by atoms with Gasteiger partial charge < -0.3 is 9.47 Å². The summed E-state index contributed by atoms with van der Waals surface area (Å²) in [5, 5.41) is 0.863. The smallest absolute Gasteiger partial charge is 0.269 e. The number of nitrogens with zero attached hydrogens (tertiary/aromatic N) is 2. The Morgan fingerprint density at radius 3 is 2.67 bits per heavy atom. The SMILES string of the molecule is COCC1=Cc2cc(OC)ccc2S(=O)(=O)N1c1cccc2cccnc12. The molecule has 0 saturated heterocycles. The van der Waals surface area contributed by atoms with Crippen LogP contribution in [-0.2, 0) is 14.8 Å². The van der Waals surface area contributed by atoms with Gasteiger partial charge in [0.15, 0.2) is 0 Å². The van der Waals surface area contributed by atoms with Crippen molar-refractivity contribution in [2.75, 3.05) is 25.1 Å². The predicted molar refractivity (Wildman–Crippen MR) is 104 cm³/mol. The van der Waals surface area contributed by atoms with E-state index in [-0.39, 0.29) is 11.5 Å². The molecule has 0 N–H and O–H groups in total. The molecule has 0 bridgehead atoms. The van der Waals surface area contributed by atoms with Crippen molar-refractivity contribution in [3.63, 3.8) is 0 Å². The van der Waals surface area contributed by atoms with Gasteiger partial charge >= 0.3 is 0 Å². The second-order valence-corrected chi connectivity index (χ2v) is 7.85. The van der Waals surface area contributed by atoms with Crippen LogP contribution < -0.4 is 9.04 Å². The molecule has 138 valence electrons. The van der Waals surface area contributed by atoms with Crippen LogP contribution >= 0.6 is 0 Å². The fourth-order valence-electron chi connectivity index (χ4n) is 3.28. The van der Waals surface area contributed by atoms with Crippen molar-refractivity contribution in [2.45, 2.75) is 4.90 Å². The highest BCUT2D eigenvalue weighted by Crippen LogP contribution is 2.39. The number of ether oxygens (including phenoxy) is 2. The minimum absolute atomic E-state index is 0.138. The van der Waals surface area contributed by atoms with Crippen LogP contribution in [0.4, 0.5) is 5.69 Å². The highest BCUT2D eigenvalue weighted by Gasteiger charge is 2.35. The zero-order chi connectivity index (χ0) is 19.0. The third-order valence-corrected chi connectivity index (χ3v) is 6.28. The molecule has 0 aliphatic carbocycles. The normalized spacial score (nSPS) is 15.3. The summed E-state index contributed by atoms with van der Waals surface area (Å²) in [6.07, 6.45) is 3.46. The lowest BCUT2D eigenvalue weighted by atomic mass is 10.1. The molecule has 6 nitrogen and oxygen atoms in total. The molecule has 0 fully saturated rings. The molecule has 0 spiro atoms. The Kier molecular flexibility index (Phi) is 4.33. The van der Waals surface area contributed by atoms with Crippen molar-refractivity contribution >= 4 is 32.7 Å². The number of pyridine rings is 1. The Morgan fingerprint density at radius 2 is 1.89 bits per heavy atom. The lowest BCUT2D eigenvalue weighted by Gasteiger charge is -2.31. The van der Waals surface area contributed by atoms with E-state index in [9.17, 15) is 8.42 Å². The van der Waals surface area contributed by atoms with Crippen LogP contribution in [0, 0.1) is 0 Å². The summed E-state index contributed by atoms with van der Waals surface area (Å²) in [5.74, 6) is 0.595. The average Bonchev–Trinajstić information content (AvgIpc) is 2.67. The first-order valence-electron chi connectivity index (χ1n) is 8.33. The molecule has 0 saturated carbocycles. The zero-order valence-corrected chi connectivity index (χ0v) is 15.7. The average molecular weight is 382 g/mol. The molecular weight excluding hydrogens is 364 g/mol. The number of para-hydroxylation sites is 1. The summed E-state index contributed by atoms with van der Waals surface area (Å²) < 4.78 is 38.8. The van der Waals surface area contributed by atoms with E-state index in [0.29, 0.717) is 28.2 Å². The molecule has 1 aliphatic heterocycles. The summed E-state index contributed by atoms with van der Waals surface area (Å²) in [6.45, 7) is 0.138. The molecule has 27 heavy (non-hydrogen) atoms. The van der Waals surface area contributed by atoms with Crippen LogP contribution in [0.5, 0.6) is 5.75 Å². The lowest BCUT2D eigenvalue weighted by Crippen LogP contribution is -2.35. The standard InChI is InChI=1S/C20H18N2O4S/c1-25-13-16-11-15-12-17(26-2)8-9-19(15)27(23,24)22(16)18-7-3-5-14-6-4-10-21-20(14)18/h3-12H,13H2,1-2H3. The number of methoxy groups -OCH3 is 2. The Balaban J connectivity index is 1.99. The van der Waals surface area contributed by atoms with Gasteiger partial charge in [-0.2, -0.15) is 0 Å². The number of benzene rings is 2. The molecule has 0 atom stereocenters. The number of hydrogen-bond acceptors (Lipinski definition) is 5. The summed E-state index contributed by atoms with van der Waals surface area (Å²) in [7, 11) is -0.750. The van der Waals surface area contributed by atoms with Gasteiger partial charge in [0.05, 0.1) is 35.5 Å². The quantitative estimate of drug-likeness (QED) is 0.691. The number of sulfonamides is 1. The molecule has 0 unspecified atom stereocenters. The van der Waals surface area contributed by atoms with Crippen LogP contribution in [0.3, 0.4) is 0 Å². The number of fused-ring (bicyclic) bond motifs is 2. The lowest BCUT2D eigenvalue weighted by molar-refractivity contribution is 0.225. The maximum Gasteiger partial charge on any atom is 0.269 e. The Hall–Kier alpha value is -2.90. The second-order valence-electron chi connectivity index (χ2n) is 6.09. The van der Waals surface area contributed by atoms with Crippen LogP contribution in [-0.4, -0.2) is 34.2 Å². The largest absolute Gasteiger partial charge is 0.497 e. The van der Waals surface area contributed by atoms with Crippen molar-refractivity contribution < 1.29 is 17.9 Å². The van der Waals surface area contributed by atoms with Gasteiger partial charge in [-0.1, -0.05) is 18.2 Å². The van der Waals surface area contributed by atoms with Crippen LogP contribution in [0.15, 0.2) is 65.3 Å². The summed E-state index contributed by atoms with van der Waals surface area (Å²) in [6, 6.07) is 14.1. The number of aromatic nitrogens is 1. The highest BCUT2D eigenvalue weighted by molar-refractivity contribution is 7.93. The minimum atomic E-state index is -3.83. The maximum absolute atomic E-state index is 13.5. The molecule has 0 amide bonds. The van der Waals surface area contributed by atoms with Crippen LogP contribution in [0.25, 0.3) is 17.0 Å². The molecule has 2 aromatic carbocycles. The first kappa shape index (κ1) is 17.5. The molecule has 4 rings (SSSR count). The molecule has 1 aliphatic rings. The maximum atomic E-state index is 13.5. The van der Waals surface area contributed by atoms with Gasteiger partial charge in [0.1, 0.15) is 5.75 Å². The van der Waals surface area contributed by atoms with Crippen molar-refractivity contribution in [3.05, 3.63) is 66.0 Å². The molecule has 7 heteroatoms. The monoisotopic (exact) mass is 382 g/mol. The van der Waals surface area contributed by atoms with E-state index in [1.165, 1.54) is 11.4 Å². The molecule has 0 radical (unpaired) electrons. The van der Waals surface area contributed by atoms with E-state index in [0.717, 1.165) is 5.39 Å². The highest BCUT2D eigenvalue weighted by atomic mass is 32.2. The Labute approximate surface area is 157 Å². The Bertz CT molecular complexity index is 1150. The minimum Gasteiger partial charge on any atom is -0.497 e. The van der Waals surface area contributed by atoms with E-state index in [4.69, 9.17) is 9.47 Å². The summed E-state index contributed by atoms with van der Waals surface area (Å²) >= 11 is 0. The second kappa shape index (κ2) is 6.68. The topological polar surface area (TPSA) is 68.7 Å². The van der Waals surface area contributed by atoms with Gasteiger partial charge in [-0.05, 0) is 36.4 Å². The summed E-state index contributed by atoms with van der Waals surface area (Å²) in [5.41, 5.74) is 2.20. The molecule has 1 aromatic heterocycles. The van der Waals surface area contributed by atoms with E-state index in [2.05, 4.69) is 4.98 Å². The van der Waals surface area contributed by atoms with E-state index >= 15 is 0 Å². The third kappa shape index (κ3) is 2.85. The van der Waals surface area contributed by atoms with E-state index in [1.807, 2.05) is 30.3 Å². The van der Waals surface area contributed by atoms with Crippen LogP contribution in [0.1, 0.15) is 5.56 Å². The van der Waals surface area contributed by atoms with Gasteiger partial charge in [-0.15, -0.1) is 0 Å². The predicted octanol–water partition coefficient (Wildman–Crippen LogP) is 3.44. The summed E-state index contributed by atoms with van der Waals surface area (Å²) in [4.78, 5) is 4.62. The van der Waals surface area contributed by atoms with Crippen LogP contribution in [0.2, 0.25) is 0 Å². The molecule has 3 aromatic rings. The van der Waals surface area contributed by atoms with Crippen molar-refractivity contribution in [2.24, 2.45) is 0 Å². The number of rotatable bonds is 4. The fraction of sp³-hybridized carbons (Fsp3) is 0.150. The van der Waals surface area contributed by atoms with E-state index < -0.39 is 10.0 Å². The zero-order valence-electron chi connectivity index (χ0n) is 14.9. The van der Waals surface area contributed by atoms with Crippen molar-refractivity contribution in [1.29, 1.82) is 0 Å². The third-order valence-electron chi connectivity index (χ3n) is 4.44. The Morgan fingerprint density at radius 1 is 1.07 bits per heavy atom. The number of anilines is 1. The molecule has 2 heterocycles. The van der Waals surface area contributed by atoms with Crippen molar-refractivity contribution in [3.8, 4) is 5.75 Å². The van der Waals surface area contributed by atoms with Gasteiger partial charge in [0.25, 0.3) is 10.0 Å². The van der Waals surface area contributed by atoms with Gasteiger partial charge in [0, 0.05) is 24.3 Å². The van der Waals surface area contributed by atoms with Gasteiger partial charge in [-0.3, -0.25) is 4.98 Å².